The van der Waals surface area contributed by atoms with Gasteiger partial charge in [0.1, 0.15) is 54.1 Å². The van der Waals surface area contributed by atoms with Crippen LogP contribution < -0.4 is 0 Å². The third-order valence-corrected chi connectivity index (χ3v) is 12.8. The minimum atomic E-state index is -3.27. The largest absolute Gasteiger partial charge is 0.384 e. The summed E-state index contributed by atoms with van der Waals surface area (Å²) in [6.07, 6.45) is -9.69. The Balaban J connectivity index is 1.55. The predicted molar refractivity (Wildman–Crippen MR) is 226 cm³/mol. The van der Waals surface area contributed by atoms with E-state index < -0.39 is 104 Å². The van der Waals surface area contributed by atoms with Gasteiger partial charge in [-0.3, -0.25) is 0 Å². The van der Waals surface area contributed by atoms with Crippen molar-refractivity contribution in [2.24, 2.45) is 0 Å². The second kappa shape index (κ2) is 18.0. The molecule has 0 unspecified atom stereocenters. The normalized spacial score (nSPS) is 33.8. The van der Waals surface area contributed by atoms with Crippen LogP contribution in [0.1, 0.15) is 27.8 Å². The van der Waals surface area contributed by atoms with Gasteiger partial charge < -0.3 is 44.8 Å². The lowest BCUT2D eigenvalue weighted by molar-refractivity contribution is -0.449. The van der Waals surface area contributed by atoms with E-state index in [0.717, 1.165) is 0 Å². The van der Waals surface area contributed by atoms with Crippen LogP contribution in [0.25, 0.3) is 0 Å². The Morgan fingerprint density at radius 2 is 0.836 bits per heavy atom. The number of ether oxygens (including phenoxy) is 3. The second-order valence-corrected chi connectivity index (χ2v) is 16.5. The molecule has 0 bridgehead atoms. The van der Waals surface area contributed by atoms with Crippen LogP contribution in [0.4, 0.5) is 8.78 Å². The molecule has 2 fully saturated rings. The fraction of sp³-hybridized carbons (Fsp3) is 0.360. The van der Waals surface area contributed by atoms with Crippen LogP contribution in [0.5, 0.6) is 0 Å². The zero-order valence-corrected chi connectivity index (χ0v) is 33.8. The van der Waals surface area contributed by atoms with Crippen LogP contribution in [0.2, 0.25) is 0 Å². The Labute approximate surface area is 355 Å². The average Bonchev–Trinajstić information content (AvgIpc) is 3.27. The Bertz CT molecular complexity index is 2170. The molecule has 0 spiro atoms. The minimum Gasteiger partial charge on any atom is -0.384 e. The summed E-state index contributed by atoms with van der Waals surface area (Å²) in [5, 5.41) is 82.1. The van der Waals surface area contributed by atoms with Gasteiger partial charge in [0.05, 0.1) is 6.61 Å². The maximum atomic E-state index is 16.1. The molecule has 6 N–H and O–H groups in total. The fourth-order valence-electron chi connectivity index (χ4n) is 9.76. The molecule has 0 amide bonds. The average molecular weight is 837 g/mol. The zero-order chi connectivity index (χ0) is 43.4. The highest BCUT2D eigenvalue weighted by Gasteiger charge is 2.82. The summed E-state index contributed by atoms with van der Waals surface area (Å²) in [6, 6.07) is 42.2. The molecule has 2 heterocycles. The third kappa shape index (κ3) is 7.77. The summed E-state index contributed by atoms with van der Waals surface area (Å²) >= 11 is 0. The molecule has 0 aromatic heterocycles. The van der Waals surface area contributed by atoms with Gasteiger partial charge in [-0.2, -0.15) is 0 Å². The molecule has 61 heavy (non-hydrogen) atoms. The van der Waals surface area contributed by atoms with Crippen LogP contribution in [0, 0.1) is 0 Å². The molecule has 2 saturated heterocycles. The van der Waals surface area contributed by atoms with Gasteiger partial charge in [0.2, 0.25) is 0 Å². The highest BCUT2D eigenvalue weighted by molar-refractivity contribution is 5.39. The van der Waals surface area contributed by atoms with E-state index in [1.165, 1.54) is 6.08 Å². The van der Waals surface area contributed by atoms with Crippen molar-refractivity contribution in [3.63, 3.8) is 0 Å². The Morgan fingerprint density at radius 3 is 1.23 bits per heavy atom. The fourth-order valence-corrected chi connectivity index (χ4v) is 9.76. The van der Waals surface area contributed by atoms with E-state index in [1.54, 1.807) is 152 Å². The number of rotatable bonds is 16. The van der Waals surface area contributed by atoms with Crippen molar-refractivity contribution in [3.8, 4) is 0 Å². The van der Waals surface area contributed by atoms with E-state index in [2.05, 4.69) is 6.58 Å². The highest BCUT2D eigenvalue weighted by Crippen LogP contribution is 2.58. The van der Waals surface area contributed by atoms with E-state index in [-0.39, 0.29) is 6.61 Å². The predicted octanol–water partition coefficient (Wildman–Crippen LogP) is 5.22. The smallest absolute Gasteiger partial charge is 0.190 e. The molecule has 7 rings (SSSR count). The number of halogens is 2. The van der Waals surface area contributed by atoms with E-state index in [4.69, 9.17) is 14.2 Å². The summed E-state index contributed by atoms with van der Waals surface area (Å²) in [7, 11) is 0. The molecule has 10 atom stereocenters. The summed E-state index contributed by atoms with van der Waals surface area (Å²) in [5.74, 6) is 0. The Morgan fingerprint density at radius 1 is 0.475 bits per heavy atom. The molecule has 9 nitrogen and oxygen atoms in total. The monoisotopic (exact) mass is 836 g/mol. The van der Waals surface area contributed by atoms with Crippen LogP contribution >= 0.6 is 0 Å². The van der Waals surface area contributed by atoms with E-state index >= 15 is 8.78 Å². The van der Waals surface area contributed by atoms with Crippen molar-refractivity contribution >= 4 is 0 Å². The van der Waals surface area contributed by atoms with Gasteiger partial charge in [-0.25, -0.2) is 8.78 Å². The van der Waals surface area contributed by atoms with Gasteiger partial charge in [0.15, 0.2) is 17.5 Å². The third-order valence-electron chi connectivity index (χ3n) is 12.8. The molecule has 0 aliphatic carbocycles. The van der Waals surface area contributed by atoms with Crippen LogP contribution in [0.3, 0.4) is 0 Å². The maximum absolute atomic E-state index is 16.1. The lowest BCUT2D eigenvalue weighted by Crippen LogP contribution is -2.92. The first kappa shape index (κ1) is 44.4. The molecule has 11 heteroatoms. The topological polar surface area (TPSA) is 149 Å². The molecular weight excluding hydrogens is 783 g/mol. The van der Waals surface area contributed by atoms with Gasteiger partial charge in [-0.1, -0.05) is 158 Å². The quantitative estimate of drug-likeness (QED) is 0.0737. The lowest BCUT2D eigenvalue weighted by atomic mass is 9.51. The molecule has 5 aromatic carbocycles. The van der Waals surface area contributed by atoms with Gasteiger partial charge in [-0.05, 0) is 27.8 Å². The molecule has 0 saturated carbocycles. The molecule has 322 valence electrons. The highest BCUT2D eigenvalue weighted by atomic mass is 19.1. The van der Waals surface area contributed by atoms with E-state index in [0.29, 0.717) is 27.8 Å². The van der Waals surface area contributed by atoms with Gasteiger partial charge in [0, 0.05) is 32.1 Å². The maximum Gasteiger partial charge on any atom is 0.190 e. The van der Waals surface area contributed by atoms with Crippen LogP contribution in [-0.2, 0) is 46.3 Å². The first-order valence-electron chi connectivity index (χ1n) is 20.5. The van der Waals surface area contributed by atoms with Crippen molar-refractivity contribution in [2.75, 3.05) is 20.0 Å². The molecule has 5 aromatic rings. The number of hydrogen-bond acceptors (Lipinski definition) is 9. The van der Waals surface area contributed by atoms with Crippen molar-refractivity contribution < 1.29 is 53.6 Å². The number of alkyl halides is 2. The second-order valence-electron chi connectivity index (χ2n) is 16.5. The van der Waals surface area contributed by atoms with Crippen molar-refractivity contribution in [1.82, 2.24) is 0 Å². The summed E-state index contributed by atoms with van der Waals surface area (Å²) < 4.78 is 51.0. The molecule has 2 aliphatic heterocycles. The SMILES string of the molecule is C=CCO[C@H]1O[C@H](CF)[C@](O)([C@@H]2O[C@H](CF)[C@](O)(Cc3ccccc3)[C@@](O)(Cc3ccccc3)[C@]2(O)Cc2ccccc2)[C@@](O)(Cc2ccccc2)[C@]1(O)Cc1ccccc1. The Kier molecular flexibility index (Phi) is 13.1. The molecule has 2 aliphatic rings. The minimum absolute atomic E-state index is 0.230. The number of aliphatic hydroxyl groups is 6. The summed E-state index contributed by atoms with van der Waals surface area (Å²) in [4.78, 5) is 0. The first-order valence-corrected chi connectivity index (χ1v) is 20.5. The zero-order valence-electron chi connectivity index (χ0n) is 33.8. The van der Waals surface area contributed by atoms with E-state index in [1.807, 2.05) is 0 Å². The van der Waals surface area contributed by atoms with Gasteiger partial charge in [0.25, 0.3) is 0 Å². The van der Waals surface area contributed by atoms with Crippen LogP contribution in [0.15, 0.2) is 164 Å². The number of hydrogen-bond donors (Lipinski definition) is 6. The van der Waals surface area contributed by atoms with Crippen molar-refractivity contribution in [1.29, 1.82) is 0 Å². The standard InChI is InChI=1S/C50H54F2O9/c1-2-28-59-44-47(55,31-38-22-12-5-13-23-38)49(57,33-40-26-16-7-17-27-40)50(58,42(35-52)61-44)43-46(54,30-37-20-10-4-11-21-37)48(56,32-39-24-14-6-15-25-39)45(53,41(34-51)60-43)29-36-18-8-3-9-19-36/h2-27,41-44,53-58H,1,28-35H2/t41-,42-,43-,44+,45-,46+,47+,48+,49-,50+/m1/s1. The van der Waals surface area contributed by atoms with Gasteiger partial charge >= 0.3 is 0 Å². The summed E-state index contributed by atoms with van der Waals surface area (Å²) in [6.45, 7) is 0.462. The van der Waals surface area contributed by atoms with Crippen molar-refractivity contribution in [3.05, 3.63) is 192 Å². The number of benzene rings is 5. The summed E-state index contributed by atoms with van der Waals surface area (Å²) in [5.41, 5.74) is -15.4. The van der Waals surface area contributed by atoms with Crippen LogP contribution in [-0.4, -0.2) is 109 Å². The molecule has 0 radical (unpaired) electrons. The van der Waals surface area contributed by atoms with Gasteiger partial charge in [-0.15, -0.1) is 6.58 Å². The van der Waals surface area contributed by atoms with E-state index in [9.17, 15) is 30.6 Å². The molecular formula is C50H54F2O9. The first-order chi connectivity index (χ1) is 29.3. The Hall–Kier alpha value is -4.66. The van der Waals surface area contributed by atoms with Crippen molar-refractivity contribution in [2.45, 2.75) is 90.3 Å². The lowest BCUT2D eigenvalue weighted by Gasteiger charge is -2.69.